The molecule has 0 atom stereocenters. The second-order valence-electron chi connectivity index (χ2n) is 2.15. The molecule has 0 radical (unpaired) electrons. The maximum atomic E-state index is 11.4. The molecule has 1 aromatic rings. The molecule has 0 amide bonds. The Labute approximate surface area is 94.3 Å². The summed E-state index contributed by atoms with van der Waals surface area (Å²) in [6.07, 6.45) is 0. The highest BCUT2D eigenvalue weighted by molar-refractivity contribution is 9.11. The molecule has 0 aliphatic heterocycles. The fourth-order valence-electron chi connectivity index (χ4n) is 0.686. The van der Waals surface area contributed by atoms with Crippen molar-refractivity contribution in [3.63, 3.8) is 0 Å². The Bertz CT molecular complexity index is 376. The number of nitrogens with one attached hydrogen (secondary N) is 1. The summed E-state index contributed by atoms with van der Waals surface area (Å²) in [7, 11) is -3.35. The molecule has 0 aliphatic rings. The highest BCUT2D eigenvalue weighted by Gasteiger charge is 2.14. The van der Waals surface area contributed by atoms with Gasteiger partial charge in [-0.15, -0.1) is 22.9 Å². The van der Waals surface area contributed by atoms with E-state index in [1.165, 1.54) is 11.3 Å². The molecule has 0 unspecified atom stereocenters. The number of rotatable bonds is 4. The number of alkyl halides is 1. The molecule has 0 aromatic carbocycles. The molecule has 3 nitrogen and oxygen atoms in total. The minimum absolute atomic E-state index is 0.249. The van der Waals surface area contributed by atoms with Crippen LogP contribution in [0.1, 0.15) is 0 Å². The van der Waals surface area contributed by atoms with E-state index in [2.05, 4.69) is 20.7 Å². The third-order valence-corrected chi connectivity index (χ3v) is 4.97. The van der Waals surface area contributed by atoms with Gasteiger partial charge >= 0.3 is 0 Å². The number of hydrogen-bond acceptors (Lipinski definition) is 3. The van der Waals surface area contributed by atoms with Crippen molar-refractivity contribution < 1.29 is 8.42 Å². The standard InChI is InChI=1S/C6H7BrClNO2S2/c7-5-1-2-6(12-5)13(10,11)9-4-3-8/h1-2,9H,3-4H2. The van der Waals surface area contributed by atoms with Gasteiger partial charge in [-0.1, -0.05) is 0 Å². The second-order valence-corrected chi connectivity index (χ2v) is 6.98. The molecule has 13 heavy (non-hydrogen) atoms. The van der Waals surface area contributed by atoms with Crippen LogP contribution in [0, 0.1) is 0 Å². The summed E-state index contributed by atoms with van der Waals surface area (Å²) >= 11 is 9.73. The summed E-state index contributed by atoms with van der Waals surface area (Å²) in [4.78, 5) is 0. The summed E-state index contributed by atoms with van der Waals surface area (Å²) < 4.78 is 26.3. The highest BCUT2D eigenvalue weighted by Crippen LogP contribution is 2.25. The van der Waals surface area contributed by atoms with Crippen molar-refractivity contribution in [3.8, 4) is 0 Å². The Morgan fingerprint density at radius 2 is 2.23 bits per heavy atom. The Balaban J connectivity index is 2.82. The number of hydrogen-bond donors (Lipinski definition) is 1. The lowest BCUT2D eigenvalue weighted by Crippen LogP contribution is -2.24. The predicted octanol–water partition coefficient (Wildman–Crippen LogP) is 2.03. The van der Waals surface area contributed by atoms with E-state index in [4.69, 9.17) is 11.6 Å². The van der Waals surface area contributed by atoms with Crippen molar-refractivity contribution >= 4 is 48.9 Å². The minimum Gasteiger partial charge on any atom is -0.209 e. The minimum atomic E-state index is -3.35. The van der Waals surface area contributed by atoms with Gasteiger partial charge in [-0.2, -0.15) is 0 Å². The van der Waals surface area contributed by atoms with E-state index in [0.717, 1.165) is 3.79 Å². The predicted molar refractivity (Wildman–Crippen MR) is 57.9 cm³/mol. The molecular weight excluding hydrogens is 298 g/mol. The zero-order valence-electron chi connectivity index (χ0n) is 6.46. The summed E-state index contributed by atoms with van der Waals surface area (Å²) in [5.41, 5.74) is 0. The Morgan fingerprint density at radius 1 is 1.54 bits per heavy atom. The van der Waals surface area contributed by atoms with E-state index in [9.17, 15) is 8.42 Å². The molecule has 1 rings (SSSR count). The van der Waals surface area contributed by atoms with Crippen LogP contribution in [0.5, 0.6) is 0 Å². The molecule has 0 saturated carbocycles. The van der Waals surface area contributed by atoms with Gasteiger partial charge in [-0.25, -0.2) is 13.1 Å². The number of halogens is 2. The fraction of sp³-hybridized carbons (Fsp3) is 0.333. The first-order chi connectivity index (χ1) is 6.06. The zero-order valence-corrected chi connectivity index (χ0v) is 10.4. The van der Waals surface area contributed by atoms with Gasteiger partial charge in [-0.05, 0) is 28.1 Å². The van der Waals surface area contributed by atoms with Crippen molar-refractivity contribution in [1.82, 2.24) is 4.72 Å². The van der Waals surface area contributed by atoms with Crippen molar-refractivity contribution in [3.05, 3.63) is 15.9 Å². The van der Waals surface area contributed by atoms with Gasteiger partial charge in [0.05, 0.1) is 3.79 Å². The van der Waals surface area contributed by atoms with Gasteiger partial charge in [0, 0.05) is 12.4 Å². The second kappa shape index (κ2) is 4.75. The van der Waals surface area contributed by atoms with E-state index in [-0.39, 0.29) is 12.4 Å². The molecule has 0 aliphatic carbocycles. The molecule has 1 aromatic heterocycles. The number of sulfonamides is 1. The Morgan fingerprint density at radius 3 is 2.69 bits per heavy atom. The normalized spacial score (nSPS) is 11.8. The van der Waals surface area contributed by atoms with Gasteiger partial charge in [0.15, 0.2) is 0 Å². The van der Waals surface area contributed by atoms with Crippen LogP contribution in [0.4, 0.5) is 0 Å². The Kier molecular flexibility index (Phi) is 4.18. The Hall–Kier alpha value is 0.380. The van der Waals surface area contributed by atoms with Gasteiger partial charge in [0.2, 0.25) is 10.0 Å². The molecule has 1 heterocycles. The van der Waals surface area contributed by atoms with E-state index < -0.39 is 10.0 Å². The maximum Gasteiger partial charge on any atom is 0.250 e. The molecule has 0 saturated heterocycles. The van der Waals surface area contributed by atoms with E-state index >= 15 is 0 Å². The average molecular weight is 305 g/mol. The summed E-state index contributed by atoms with van der Waals surface area (Å²) in [6.45, 7) is 0.249. The molecule has 1 N–H and O–H groups in total. The topological polar surface area (TPSA) is 46.2 Å². The third kappa shape index (κ3) is 3.21. The van der Waals surface area contributed by atoms with Crippen LogP contribution in [-0.2, 0) is 10.0 Å². The van der Waals surface area contributed by atoms with Gasteiger partial charge in [0.25, 0.3) is 0 Å². The SMILES string of the molecule is O=S(=O)(NCCCl)c1ccc(Br)s1. The van der Waals surface area contributed by atoms with Crippen LogP contribution in [0.2, 0.25) is 0 Å². The fourth-order valence-corrected chi connectivity index (χ4v) is 3.98. The van der Waals surface area contributed by atoms with Crippen LogP contribution in [0.15, 0.2) is 20.1 Å². The molecule has 7 heteroatoms. The van der Waals surface area contributed by atoms with Crippen LogP contribution >= 0.6 is 38.9 Å². The van der Waals surface area contributed by atoms with Crippen LogP contribution in [-0.4, -0.2) is 20.8 Å². The largest absolute Gasteiger partial charge is 0.250 e. The zero-order chi connectivity index (χ0) is 9.90. The smallest absolute Gasteiger partial charge is 0.209 e. The lowest BCUT2D eigenvalue weighted by molar-refractivity contribution is 0.586. The van der Waals surface area contributed by atoms with Crippen molar-refractivity contribution in [2.45, 2.75) is 4.21 Å². The molecule has 0 fully saturated rings. The monoisotopic (exact) mass is 303 g/mol. The average Bonchev–Trinajstić information content (AvgIpc) is 2.49. The van der Waals surface area contributed by atoms with Gasteiger partial charge in [0.1, 0.15) is 4.21 Å². The highest BCUT2D eigenvalue weighted by atomic mass is 79.9. The molecule has 74 valence electrons. The van der Waals surface area contributed by atoms with E-state index in [1.807, 2.05) is 0 Å². The lowest BCUT2D eigenvalue weighted by atomic mass is 10.7. The van der Waals surface area contributed by atoms with Crippen molar-refractivity contribution in [1.29, 1.82) is 0 Å². The molecule has 0 spiro atoms. The molecular formula is C6H7BrClNO2S2. The summed E-state index contributed by atoms with van der Waals surface area (Å²) in [5.74, 6) is 0.270. The van der Waals surface area contributed by atoms with E-state index in [0.29, 0.717) is 4.21 Å². The van der Waals surface area contributed by atoms with Gasteiger partial charge < -0.3 is 0 Å². The first-order valence-electron chi connectivity index (χ1n) is 3.37. The maximum absolute atomic E-state index is 11.4. The van der Waals surface area contributed by atoms with E-state index in [1.54, 1.807) is 12.1 Å². The lowest BCUT2D eigenvalue weighted by Gasteiger charge is -2.00. The third-order valence-electron chi connectivity index (χ3n) is 1.20. The van der Waals surface area contributed by atoms with Crippen LogP contribution in [0.3, 0.4) is 0 Å². The molecule has 0 bridgehead atoms. The quantitative estimate of drug-likeness (QED) is 0.865. The number of thiophene rings is 1. The summed E-state index contributed by atoms with van der Waals surface area (Å²) in [6, 6.07) is 3.24. The van der Waals surface area contributed by atoms with Crippen molar-refractivity contribution in [2.24, 2.45) is 0 Å². The van der Waals surface area contributed by atoms with Crippen molar-refractivity contribution in [2.75, 3.05) is 12.4 Å². The summed E-state index contributed by atoms with van der Waals surface area (Å²) in [5, 5.41) is 0. The first kappa shape index (κ1) is 11.5. The van der Waals surface area contributed by atoms with Crippen LogP contribution in [0.25, 0.3) is 0 Å². The first-order valence-corrected chi connectivity index (χ1v) is 7.00. The van der Waals surface area contributed by atoms with Crippen LogP contribution < -0.4 is 4.72 Å². The van der Waals surface area contributed by atoms with Gasteiger partial charge in [-0.3, -0.25) is 0 Å².